The summed E-state index contributed by atoms with van der Waals surface area (Å²) in [6.07, 6.45) is 0.822. The minimum Gasteiger partial charge on any atom is -0.338 e. The lowest BCUT2D eigenvalue weighted by atomic mass is 9.79. The van der Waals surface area contributed by atoms with E-state index in [4.69, 9.17) is 5.73 Å². The molecule has 2 amide bonds. The van der Waals surface area contributed by atoms with Crippen LogP contribution < -0.4 is 11.1 Å². The highest BCUT2D eigenvalue weighted by Gasteiger charge is 2.35. The van der Waals surface area contributed by atoms with Crippen molar-refractivity contribution in [2.24, 2.45) is 11.1 Å². The highest BCUT2D eigenvalue weighted by atomic mass is 16.2. The third kappa shape index (κ3) is 3.61. The minimum atomic E-state index is -0.124. The summed E-state index contributed by atoms with van der Waals surface area (Å²) in [5.74, 6) is -0.106. The number of nitrogens with one attached hydrogen (secondary N) is 1. The molecule has 0 aromatic heterocycles. The van der Waals surface area contributed by atoms with Crippen molar-refractivity contribution >= 4 is 17.5 Å². The highest BCUT2D eigenvalue weighted by Crippen LogP contribution is 2.28. The number of benzene rings is 1. The van der Waals surface area contributed by atoms with Gasteiger partial charge in [0.2, 0.25) is 5.91 Å². The van der Waals surface area contributed by atoms with Crippen molar-refractivity contribution in [3.8, 4) is 0 Å². The van der Waals surface area contributed by atoms with Crippen molar-refractivity contribution < 1.29 is 9.59 Å². The van der Waals surface area contributed by atoms with Gasteiger partial charge in [0.15, 0.2) is 0 Å². The number of amides is 2. The first kappa shape index (κ1) is 15.5. The van der Waals surface area contributed by atoms with E-state index in [1.165, 1.54) is 6.92 Å². The molecule has 0 saturated carbocycles. The fourth-order valence-corrected chi connectivity index (χ4v) is 2.63. The first-order valence-corrected chi connectivity index (χ1v) is 7.22. The number of nitrogens with two attached hydrogens (primary N) is 1. The van der Waals surface area contributed by atoms with E-state index in [2.05, 4.69) is 19.2 Å². The van der Waals surface area contributed by atoms with Gasteiger partial charge < -0.3 is 16.0 Å². The molecule has 1 heterocycles. The van der Waals surface area contributed by atoms with Gasteiger partial charge in [0.25, 0.3) is 5.91 Å². The van der Waals surface area contributed by atoms with Gasteiger partial charge in [0.1, 0.15) is 0 Å². The maximum atomic E-state index is 12.5. The summed E-state index contributed by atoms with van der Waals surface area (Å²) < 4.78 is 0. The zero-order chi connectivity index (χ0) is 15.6. The van der Waals surface area contributed by atoms with Gasteiger partial charge >= 0.3 is 0 Å². The minimum absolute atomic E-state index is 0.0179. The SMILES string of the molecule is CC(=O)Nc1ccc(C(=O)N2CCC(N)C(C)(C)C2)cc1. The number of carbonyl (C=O) groups is 2. The molecule has 2 rings (SSSR count). The molecule has 3 N–H and O–H groups in total. The monoisotopic (exact) mass is 289 g/mol. The molecule has 0 radical (unpaired) electrons. The summed E-state index contributed by atoms with van der Waals surface area (Å²) in [4.78, 5) is 25.4. The van der Waals surface area contributed by atoms with Crippen molar-refractivity contribution in [3.63, 3.8) is 0 Å². The van der Waals surface area contributed by atoms with Crippen LogP contribution in [0, 0.1) is 5.41 Å². The number of anilines is 1. The molecule has 0 bridgehead atoms. The van der Waals surface area contributed by atoms with Crippen molar-refractivity contribution in [1.29, 1.82) is 0 Å². The van der Waals surface area contributed by atoms with E-state index in [1.54, 1.807) is 24.3 Å². The van der Waals surface area contributed by atoms with Crippen LogP contribution >= 0.6 is 0 Å². The Morgan fingerprint density at radius 2 is 1.90 bits per heavy atom. The summed E-state index contributed by atoms with van der Waals surface area (Å²) >= 11 is 0. The van der Waals surface area contributed by atoms with E-state index in [0.29, 0.717) is 24.3 Å². The number of carbonyl (C=O) groups excluding carboxylic acids is 2. The van der Waals surface area contributed by atoms with Crippen LogP contribution in [0.4, 0.5) is 5.69 Å². The average molecular weight is 289 g/mol. The maximum absolute atomic E-state index is 12.5. The van der Waals surface area contributed by atoms with E-state index in [-0.39, 0.29) is 23.3 Å². The first-order valence-electron chi connectivity index (χ1n) is 7.22. The Morgan fingerprint density at radius 3 is 2.43 bits per heavy atom. The number of rotatable bonds is 2. The Morgan fingerprint density at radius 1 is 1.29 bits per heavy atom. The predicted octanol–water partition coefficient (Wildman–Crippen LogP) is 1.84. The Bertz CT molecular complexity index is 537. The quantitative estimate of drug-likeness (QED) is 0.872. The van der Waals surface area contributed by atoms with E-state index >= 15 is 0 Å². The standard InChI is InChI=1S/C16H23N3O2/c1-11(20)18-13-6-4-12(5-7-13)15(21)19-9-8-14(17)16(2,3)10-19/h4-7,14H,8-10,17H2,1-3H3,(H,18,20). The molecule has 1 aromatic carbocycles. The average Bonchev–Trinajstić information content (AvgIpc) is 2.41. The van der Waals surface area contributed by atoms with Gasteiger partial charge in [0.05, 0.1) is 0 Å². The Kier molecular flexibility index (Phi) is 4.32. The van der Waals surface area contributed by atoms with Crippen LogP contribution in [0.15, 0.2) is 24.3 Å². The summed E-state index contributed by atoms with van der Waals surface area (Å²) in [6.45, 7) is 7.00. The molecule has 1 aliphatic rings. The van der Waals surface area contributed by atoms with Crippen molar-refractivity contribution in [3.05, 3.63) is 29.8 Å². The number of hydrogen-bond donors (Lipinski definition) is 2. The lowest BCUT2D eigenvalue weighted by Gasteiger charge is -2.42. The normalized spacial score (nSPS) is 21.0. The topological polar surface area (TPSA) is 75.4 Å². The molecule has 0 spiro atoms. The Balaban J connectivity index is 2.08. The molecule has 1 aliphatic heterocycles. The molecule has 1 saturated heterocycles. The van der Waals surface area contributed by atoms with Crippen LogP contribution in [-0.2, 0) is 4.79 Å². The van der Waals surface area contributed by atoms with Crippen LogP contribution in [0.2, 0.25) is 0 Å². The lowest BCUT2D eigenvalue weighted by Crippen LogP contribution is -2.53. The molecule has 5 nitrogen and oxygen atoms in total. The summed E-state index contributed by atoms with van der Waals surface area (Å²) in [5.41, 5.74) is 7.37. The first-order chi connectivity index (χ1) is 9.79. The van der Waals surface area contributed by atoms with E-state index in [9.17, 15) is 9.59 Å². The zero-order valence-corrected chi connectivity index (χ0v) is 12.8. The lowest BCUT2D eigenvalue weighted by molar-refractivity contribution is -0.114. The van der Waals surface area contributed by atoms with Crippen LogP contribution in [0.5, 0.6) is 0 Å². The van der Waals surface area contributed by atoms with Crippen LogP contribution in [0.3, 0.4) is 0 Å². The Hall–Kier alpha value is -1.88. The third-order valence-electron chi connectivity index (χ3n) is 4.05. The fourth-order valence-electron chi connectivity index (χ4n) is 2.63. The van der Waals surface area contributed by atoms with Gasteiger partial charge in [-0.25, -0.2) is 0 Å². The number of hydrogen-bond acceptors (Lipinski definition) is 3. The van der Waals surface area contributed by atoms with E-state index in [0.717, 1.165) is 6.42 Å². The summed E-state index contributed by atoms with van der Waals surface area (Å²) in [5, 5.41) is 2.69. The maximum Gasteiger partial charge on any atom is 0.253 e. The fraction of sp³-hybridized carbons (Fsp3) is 0.500. The molecule has 1 unspecified atom stereocenters. The second-order valence-electron chi connectivity index (χ2n) is 6.37. The number of piperidine rings is 1. The van der Waals surface area contributed by atoms with Crippen LogP contribution in [0.1, 0.15) is 37.6 Å². The highest BCUT2D eigenvalue weighted by molar-refractivity contribution is 5.95. The van der Waals surface area contributed by atoms with Gasteiger partial charge in [-0.3, -0.25) is 9.59 Å². The molecule has 1 fully saturated rings. The molecule has 5 heteroatoms. The van der Waals surface area contributed by atoms with Crippen molar-refractivity contribution in [2.45, 2.75) is 33.2 Å². The van der Waals surface area contributed by atoms with Gasteiger partial charge in [-0.1, -0.05) is 13.8 Å². The third-order valence-corrected chi connectivity index (χ3v) is 4.05. The molecular formula is C16H23N3O2. The van der Waals surface area contributed by atoms with Crippen molar-refractivity contribution in [2.75, 3.05) is 18.4 Å². The summed E-state index contributed by atoms with van der Waals surface area (Å²) in [6, 6.07) is 7.11. The van der Waals surface area contributed by atoms with Gasteiger partial charge in [-0.05, 0) is 36.1 Å². The molecule has 0 aliphatic carbocycles. The smallest absolute Gasteiger partial charge is 0.253 e. The van der Waals surface area contributed by atoms with Crippen LogP contribution in [0.25, 0.3) is 0 Å². The predicted molar refractivity (Wildman–Crippen MR) is 83.0 cm³/mol. The summed E-state index contributed by atoms with van der Waals surface area (Å²) in [7, 11) is 0. The van der Waals surface area contributed by atoms with Crippen LogP contribution in [-0.4, -0.2) is 35.8 Å². The van der Waals surface area contributed by atoms with E-state index in [1.807, 2.05) is 4.90 Å². The number of likely N-dealkylation sites (tertiary alicyclic amines) is 1. The second-order valence-corrected chi connectivity index (χ2v) is 6.37. The number of nitrogens with zero attached hydrogens (tertiary/aromatic N) is 1. The van der Waals surface area contributed by atoms with Gasteiger partial charge in [-0.2, -0.15) is 0 Å². The molecule has 1 aromatic rings. The van der Waals surface area contributed by atoms with Crippen molar-refractivity contribution in [1.82, 2.24) is 4.90 Å². The molecular weight excluding hydrogens is 266 g/mol. The van der Waals surface area contributed by atoms with Gasteiger partial charge in [-0.15, -0.1) is 0 Å². The Labute approximate surface area is 125 Å². The molecule has 114 valence electrons. The van der Waals surface area contributed by atoms with Gasteiger partial charge in [0, 0.05) is 37.3 Å². The second kappa shape index (κ2) is 5.85. The molecule has 21 heavy (non-hydrogen) atoms. The van der Waals surface area contributed by atoms with E-state index < -0.39 is 0 Å². The zero-order valence-electron chi connectivity index (χ0n) is 12.8. The largest absolute Gasteiger partial charge is 0.338 e. The molecule has 1 atom stereocenters.